The molecule has 0 spiro atoms. The topological polar surface area (TPSA) is 77.8 Å². The molecule has 0 bridgehead atoms. The van der Waals surface area contributed by atoms with Gasteiger partial charge >= 0.3 is 5.97 Å². The highest BCUT2D eigenvalue weighted by Crippen LogP contribution is 2.66. The lowest BCUT2D eigenvalue weighted by atomic mass is 9.41. The predicted octanol–water partition coefficient (Wildman–Crippen LogP) is 5.72. The van der Waals surface area contributed by atoms with Crippen molar-refractivity contribution in [2.24, 2.45) is 29.1 Å². The second kappa shape index (κ2) is 11.7. The molecule has 4 heteroatoms. The quantitative estimate of drug-likeness (QED) is 0.242. The Balaban J connectivity index is 1.79. The standard InChI is InChI=1S/C28H44O4/c1-3-4-5-9-18-28-19-17-25(30)22(15-16-24(29)21-11-7-6-8-12-21)27(28)20(2)23(28)13-10-14-26(31)32/h13,20-22,24-25,27,29-30H,3-12,14,17-19H2,1-2H3,(H,31,32)/t20?,22-,24?,25+,27+,28+/m0/s1. The van der Waals surface area contributed by atoms with Crippen LogP contribution in [-0.2, 0) is 4.79 Å². The smallest absolute Gasteiger partial charge is 0.303 e. The van der Waals surface area contributed by atoms with Gasteiger partial charge in [0.15, 0.2) is 0 Å². The minimum absolute atomic E-state index is 0.0556. The lowest BCUT2D eigenvalue weighted by Gasteiger charge is -2.63. The number of unbranched alkanes of at least 4 members (excludes halogenated alkanes) is 3. The molecular formula is C28H44O4. The average Bonchev–Trinajstić information content (AvgIpc) is 2.79. The average molecular weight is 445 g/mol. The molecule has 0 radical (unpaired) electrons. The summed E-state index contributed by atoms with van der Waals surface area (Å²) in [7, 11) is 0. The van der Waals surface area contributed by atoms with Gasteiger partial charge in [-0.2, -0.15) is 0 Å². The molecule has 0 aromatic heterocycles. The number of hydrogen-bond donors (Lipinski definition) is 3. The summed E-state index contributed by atoms with van der Waals surface area (Å²) in [5.41, 5.74) is 1.46. The lowest BCUT2D eigenvalue weighted by molar-refractivity contribution is -0.136. The molecule has 3 saturated carbocycles. The fourth-order valence-electron chi connectivity index (χ4n) is 6.99. The maximum absolute atomic E-state index is 11.0. The van der Waals surface area contributed by atoms with Crippen LogP contribution >= 0.6 is 0 Å². The number of allylic oxidation sites excluding steroid dienone is 2. The van der Waals surface area contributed by atoms with Crippen LogP contribution in [0.25, 0.3) is 0 Å². The summed E-state index contributed by atoms with van der Waals surface area (Å²) < 4.78 is 0. The molecule has 0 aromatic carbocycles. The van der Waals surface area contributed by atoms with Crippen molar-refractivity contribution in [3.63, 3.8) is 0 Å². The molecule has 3 rings (SSSR count). The van der Waals surface area contributed by atoms with Crippen molar-refractivity contribution in [3.8, 4) is 11.8 Å². The van der Waals surface area contributed by atoms with Gasteiger partial charge in [0, 0.05) is 6.42 Å². The molecule has 3 N–H and O–H groups in total. The molecular weight excluding hydrogens is 400 g/mol. The fraction of sp³-hybridized carbons (Fsp3) is 0.821. The van der Waals surface area contributed by atoms with Crippen molar-refractivity contribution in [2.45, 2.75) is 116 Å². The van der Waals surface area contributed by atoms with E-state index in [1.165, 1.54) is 50.5 Å². The minimum Gasteiger partial charge on any atom is -0.481 e. The summed E-state index contributed by atoms with van der Waals surface area (Å²) in [5.74, 6) is 6.60. The van der Waals surface area contributed by atoms with Gasteiger partial charge in [0.25, 0.3) is 0 Å². The molecule has 0 aromatic rings. The highest BCUT2D eigenvalue weighted by molar-refractivity contribution is 5.66. The third kappa shape index (κ3) is 5.60. The first-order valence-corrected chi connectivity index (χ1v) is 13.2. The van der Waals surface area contributed by atoms with Gasteiger partial charge in [-0.15, -0.1) is 0 Å². The number of aliphatic carboxylic acids is 1. The minimum atomic E-state index is -0.748. The zero-order chi connectivity index (χ0) is 23.1. The molecule has 0 saturated heterocycles. The number of carbonyl (C=O) groups is 1. The molecule has 4 nitrogen and oxygen atoms in total. The van der Waals surface area contributed by atoms with Crippen LogP contribution in [0, 0.1) is 40.9 Å². The van der Waals surface area contributed by atoms with Crippen molar-refractivity contribution in [3.05, 3.63) is 11.6 Å². The molecule has 0 aliphatic heterocycles. The van der Waals surface area contributed by atoms with Crippen molar-refractivity contribution >= 4 is 5.97 Å². The normalized spacial score (nSPS) is 34.8. The van der Waals surface area contributed by atoms with Crippen LogP contribution < -0.4 is 0 Å². The zero-order valence-electron chi connectivity index (χ0n) is 20.2. The Morgan fingerprint density at radius 2 is 1.94 bits per heavy atom. The van der Waals surface area contributed by atoms with E-state index >= 15 is 0 Å². The Morgan fingerprint density at radius 1 is 1.19 bits per heavy atom. The maximum atomic E-state index is 11.0. The van der Waals surface area contributed by atoms with Crippen LogP contribution in [0.2, 0.25) is 0 Å². The molecule has 0 heterocycles. The highest BCUT2D eigenvalue weighted by atomic mass is 16.4. The Bertz CT molecular complexity index is 711. The number of fused-ring (bicyclic) bond motifs is 1. The van der Waals surface area contributed by atoms with Gasteiger partial charge in [0.1, 0.15) is 6.10 Å². The molecule has 6 atom stereocenters. The molecule has 3 aliphatic carbocycles. The number of carboxylic acid groups (broad SMARTS) is 1. The van der Waals surface area contributed by atoms with Crippen molar-refractivity contribution in [2.75, 3.05) is 0 Å². The predicted molar refractivity (Wildman–Crippen MR) is 128 cm³/mol. The van der Waals surface area contributed by atoms with Crippen molar-refractivity contribution < 1.29 is 20.1 Å². The first-order chi connectivity index (χ1) is 15.4. The van der Waals surface area contributed by atoms with Crippen LogP contribution in [0.15, 0.2) is 11.6 Å². The summed E-state index contributed by atoms with van der Waals surface area (Å²) in [6.45, 7) is 4.45. The SMILES string of the molecule is CCCCCC[C@]12CC[C@@H](O)[C@H](C#CC(O)C3CCCCC3)[C@H]1C(C)C2=CCCC(=O)O. The molecule has 180 valence electrons. The van der Waals surface area contributed by atoms with E-state index in [0.717, 1.165) is 32.1 Å². The molecule has 32 heavy (non-hydrogen) atoms. The van der Waals surface area contributed by atoms with Gasteiger partial charge in [0.05, 0.1) is 12.0 Å². The summed E-state index contributed by atoms with van der Waals surface area (Å²) >= 11 is 0. The van der Waals surface area contributed by atoms with Crippen LogP contribution in [0.3, 0.4) is 0 Å². The maximum Gasteiger partial charge on any atom is 0.303 e. The van der Waals surface area contributed by atoms with E-state index in [1.807, 2.05) is 0 Å². The van der Waals surface area contributed by atoms with Gasteiger partial charge in [-0.3, -0.25) is 4.79 Å². The van der Waals surface area contributed by atoms with Crippen LogP contribution in [0.5, 0.6) is 0 Å². The molecule has 3 aliphatic rings. The van der Waals surface area contributed by atoms with Crippen LogP contribution in [0.1, 0.15) is 104 Å². The van der Waals surface area contributed by atoms with Gasteiger partial charge in [-0.05, 0) is 61.7 Å². The van der Waals surface area contributed by atoms with E-state index in [9.17, 15) is 15.0 Å². The monoisotopic (exact) mass is 444 g/mol. The van der Waals surface area contributed by atoms with E-state index in [2.05, 4.69) is 31.8 Å². The molecule has 2 unspecified atom stereocenters. The Morgan fingerprint density at radius 3 is 2.62 bits per heavy atom. The van der Waals surface area contributed by atoms with E-state index < -0.39 is 18.2 Å². The Kier molecular flexibility index (Phi) is 9.26. The lowest BCUT2D eigenvalue weighted by Crippen LogP contribution is -2.58. The third-order valence-corrected chi connectivity index (χ3v) is 8.62. The zero-order valence-corrected chi connectivity index (χ0v) is 20.2. The Hall–Kier alpha value is -1.31. The van der Waals surface area contributed by atoms with Gasteiger partial charge in [0.2, 0.25) is 0 Å². The molecule has 0 amide bonds. The molecule has 3 fully saturated rings. The number of hydrogen-bond acceptors (Lipinski definition) is 3. The second-order valence-electron chi connectivity index (χ2n) is 10.6. The summed E-state index contributed by atoms with van der Waals surface area (Å²) in [4.78, 5) is 11.0. The van der Waals surface area contributed by atoms with E-state index in [0.29, 0.717) is 18.3 Å². The summed E-state index contributed by atoms with van der Waals surface area (Å²) in [5, 5.41) is 30.7. The summed E-state index contributed by atoms with van der Waals surface area (Å²) in [6.07, 6.45) is 15.3. The van der Waals surface area contributed by atoms with Gasteiger partial charge in [-0.25, -0.2) is 0 Å². The Labute approximate surface area is 194 Å². The van der Waals surface area contributed by atoms with Crippen LogP contribution in [0.4, 0.5) is 0 Å². The second-order valence-corrected chi connectivity index (χ2v) is 10.6. The van der Waals surface area contributed by atoms with E-state index in [4.69, 9.17) is 5.11 Å². The van der Waals surface area contributed by atoms with Gasteiger partial charge < -0.3 is 15.3 Å². The first-order valence-electron chi connectivity index (χ1n) is 13.2. The number of aliphatic hydroxyl groups is 2. The van der Waals surface area contributed by atoms with Crippen LogP contribution in [-0.4, -0.2) is 33.5 Å². The largest absolute Gasteiger partial charge is 0.481 e. The highest BCUT2D eigenvalue weighted by Gasteiger charge is 2.60. The van der Waals surface area contributed by atoms with E-state index in [-0.39, 0.29) is 23.7 Å². The fourth-order valence-corrected chi connectivity index (χ4v) is 6.99. The van der Waals surface area contributed by atoms with Crippen molar-refractivity contribution in [1.82, 2.24) is 0 Å². The third-order valence-electron chi connectivity index (χ3n) is 8.62. The summed E-state index contributed by atoms with van der Waals surface area (Å²) in [6, 6.07) is 0. The van der Waals surface area contributed by atoms with Crippen molar-refractivity contribution in [1.29, 1.82) is 0 Å². The first kappa shape index (κ1) is 25.3. The van der Waals surface area contributed by atoms with Gasteiger partial charge in [-0.1, -0.05) is 82.3 Å². The number of carboxylic acids is 1. The van der Waals surface area contributed by atoms with E-state index in [1.54, 1.807) is 0 Å². The number of aliphatic hydroxyl groups excluding tert-OH is 2. The number of rotatable bonds is 9.